The minimum atomic E-state index is 0.138. The van der Waals surface area contributed by atoms with Gasteiger partial charge in [0.1, 0.15) is 0 Å². The van der Waals surface area contributed by atoms with Gasteiger partial charge in [0.05, 0.1) is 12.0 Å². The van der Waals surface area contributed by atoms with E-state index >= 15 is 0 Å². The molecule has 0 bridgehead atoms. The van der Waals surface area contributed by atoms with Crippen LogP contribution in [-0.4, -0.2) is 13.1 Å². The summed E-state index contributed by atoms with van der Waals surface area (Å²) < 4.78 is 0. The molecule has 0 spiro atoms. The van der Waals surface area contributed by atoms with Crippen LogP contribution in [0.15, 0.2) is 0 Å². The molecule has 1 N–H and O–H groups in total. The summed E-state index contributed by atoms with van der Waals surface area (Å²) in [5, 5.41) is 11.7. The lowest BCUT2D eigenvalue weighted by molar-refractivity contribution is 0.482. The molecule has 2 unspecified atom stereocenters. The first-order valence-corrected chi connectivity index (χ1v) is 4.31. The monoisotopic (exact) mass is 154 g/mol. The van der Waals surface area contributed by atoms with Crippen molar-refractivity contribution in [1.29, 1.82) is 5.26 Å². The number of nitriles is 1. The molecule has 2 nitrogen and oxygen atoms in total. The zero-order valence-corrected chi connectivity index (χ0v) is 7.72. The van der Waals surface area contributed by atoms with Gasteiger partial charge in [0.2, 0.25) is 0 Å². The predicted molar refractivity (Wildman–Crippen MR) is 47.1 cm³/mol. The summed E-state index contributed by atoms with van der Waals surface area (Å²) in [5.74, 6) is 0.861. The number of hydrogen-bond donors (Lipinski definition) is 1. The van der Waals surface area contributed by atoms with Crippen LogP contribution in [0.25, 0.3) is 0 Å². The third-order valence-corrected chi connectivity index (χ3v) is 1.86. The van der Waals surface area contributed by atoms with Crippen LogP contribution in [0.1, 0.15) is 27.2 Å². The third-order valence-electron chi connectivity index (χ3n) is 1.86. The Bertz CT molecular complexity index is 126. The summed E-state index contributed by atoms with van der Waals surface area (Å²) in [4.78, 5) is 0. The van der Waals surface area contributed by atoms with Gasteiger partial charge in [0, 0.05) is 6.54 Å². The summed E-state index contributed by atoms with van der Waals surface area (Å²) in [6.45, 7) is 8.18. The number of nitrogens with zero attached hydrogens (tertiary/aromatic N) is 1. The first-order chi connectivity index (χ1) is 5.20. The topological polar surface area (TPSA) is 35.8 Å². The molecule has 0 rings (SSSR count). The van der Waals surface area contributed by atoms with Crippen LogP contribution in [0.3, 0.4) is 0 Å². The summed E-state index contributed by atoms with van der Waals surface area (Å²) in [6, 6.07) is 2.19. The first kappa shape index (κ1) is 10.4. The van der Waals surface area contributed by atoms with E-state index in [1.165, 1.54) is 6.42 Å². The van der Waals surface area contributed by atoms with Crippen molar-refractivity contribution in [2.45, 2.75) is 27.2 Å². The lowest BCUT2D eigenvalue weighted by atomic mass is 10.1. The molecule has 64 valence electrons. The second-order valence-electron chi connectivity index (χ2n) is 3.20. The molecule has 0 amide bonds. The second-order valence-corrected chi connectivity index (χ2v) is 3.20. The number of rotatable bonds is 5. The smallest absolute Gasteiger partial charge is 0.0666 e. The van der Waals surface area contributed by atoms with Gasteiger partial charge in [-0.3, -0.25) is 0 Å². The molecule has 0 aliphatic carbocycles. The summed E-state index contributed by atoms with van der Waals surface area (Å²) in [6.07, 6.45) is 1.20. The van der Waals surface area contributed by atoms with Gasteiger partial charge in [-0.25, -0.2) is 0 Å². The predicted octanol–water partition coefficient (Wildman–Crippen LogP) is 1.78. The van der Waals surface area contributed by atoms with E-state index in [0.717, 1.165) is 19.0 Å². The van der Waals surface area contributed by atoms with Crippen molar-refractivity contribution >= 4 is 0 Å². The zero-order chi connectivity index (χ0) is 8.69. The average molecular weight is 154 g/mol. The van der Waals surface area contributed by atoms with Gasteiger partial charge in [0.15, 0.2) is 0 Å². The highest BCUT2D eigenvalue weighted by molar-refractivity contribution is 4.80. The van der Waals surface area contributed by atoms with Crippen molar-refractivity contribution in [2.75, 3.05) is 13.1 Å². The van der Waals surface area contributed by atoms with Crippen molar-refractivity contribution in [1.82, 2.24) is 5.32 Å². The fraction of sp³-hybridized carbons (Fsp3) is 0.889. The molecule has 2 heteroatoms. The largest absolute Gasteiger partial charge is 0.315 e. The standard InChI is InChI=1S/C9H18N2/c1-4-8(2)6-11-7-9(3)5-10/h8-9,11H,4,6-7H2,1-3H3. The second kappa shape index (κ2) is 6.18. The molecule has 2 atom stereocenters. The quantitative estimate of drug-likeness (QED) is 0.655. The molecular weight excluding hydrogens is 136 g/mol. The molecule has 0 heterocycles. The molecule has 0 aromatic carbocycles. The lowest BCUT2D eigenvalue weighted by Gasteiger charge is -2.10. The molecule has 0 saturated heterocycles. The van der Waals surface area contributed by atoms with E-state index in [0.29, 0.717) is 0 Å². The van der Waals surface area contributed by atoms with Gasteiger partial charge in [-0.2, -0.15) is 5.26 Å². The molecule has 0 saturated carbocycles. The van der Waals surface area contributed by atoms with E-state index in [9.17, 15) is 0 Å². The van der Waals surface area contributed by atoms with E-state index in [1.54, 1.807) is 0 Å². The van der Waals surface area contributed by atoms with Gasteiger partial charge < -0.3 is 5.32 Å². The van der Waals surface area contributed by atoms with E-state index in [-0.39, 0.29) is 5.92 Å². The molecule has 0 aliphatic rings. The minimum Gasteiger partial charge on any atom is -0.315 e. The molecule has 0 aromatic rings. The van der Waals surface area contributed by atoms with E-state index < -0.39 is 0 Å². The fourth-order valence-electron chi connectivity index (χ4n) is 0.736. The Balaban J connectivity index is 3.21. The number of hydrogen-bond acceptors (Lipinski definition) is 2. The molecule has 0 radical (unpaired) electrons. The van der Waals surface area contributed by atoms with Crippen LogP contribution in [0.4, 0.5) is 0 Å². The van der Waals surface area contributed by atoms with Crippen LogP contribution in [0.5, 0.6) is 0 Å². The Morgan fingerprint density at radius 2 is 2.00 bits per heavy atom. The maximum absolute atomic E-state index is 8.47. The molecular formula is C9H18N2. The maximum atomic E-state index is 8.47. The zero-order valence-electron chi connectivity index (χ0n) is 7.72. The highest BCUT2D eigenvalue weighted by Crippen LogP contribution is 1.97. The van der Waals surface area contributed by atoms with Gasteiger partial charge in [-0.05, 0) is 19.4 Å². The summed E-state index contributed by atoms with van der Waals surface area (Å²) >= 11 is 0. The third kappa shape index (κ3) is 5.87. The lowest BCUT2D eigenvalue weighted by Crippen LogP contribution is -2.25. The first-order valence-electron chi connectivity index (χ1n) is 4.31. The van der Waals surface area contributed by atoms with Crippen LogP contribution < -0.4 is 5.32 Å². The van der Waals surface area contributed by atoms with E-state index in [1.807, 2.05) is 6.92 Å². The Morgan fingerprint density at radius 3 is 2.45 bits per heavy atom. The number of nitrogens with one attached hydrogen (secondary N) is 1. The highest BCUT2D eigenvalue weighted by atomic mass is 14.9. The Labute approximate surface area is 69.6 Å². The van der Waals surface area contributed by atoms with Crippen LogP contribution >= 0.6 is 0 Å². The Morgan fingerprint density at radius 1 is 1.36 bits per heavy atom. The molecule has 0 aliphatic heterocycles. The van der Waals surface area contributed by atoms with Crippen molar-refractivity contribution in [3.63, 3.8) is 0 Å². The summed E-state index contributed by atoms with van der Waals surface area (Å²) in [7, 11) is 0. The van der Waals surface area contributed by atoms with Crippen molar-refractivity contribution in [2.24, 2.45) is 11.8 Å². The van der Waals surface area contributed by atoms with Crippen molar-refractivity contribution in [3.05, 3.63) is 0 Å². The van der Waals surface area contributed by atoms with Crippen LogP contribution in [-0.2, 0) is 0 Å². The Hall–Kier alpha value is -0.550. The highest BCUT2D eigenvalue weighted by Gasteiger charge is 2.00. The van der Waals surface area contributed by atoms with Gasteiger partial charge >= 0.3 is 0 Å². The maximum Gasteiger partial charge on any atom is 0.0666 e. The van der Waals surface area contributed by atoms with Crippen molar-refractivity contribution < 1.29 is 0 Å². The van der Waals surface area contributed by atoms with E-state index in [4.69, 9.17) is 5.26 Å². The molecule has 0 fully saturated rings. The fourth-order valence-corrected chi connectivity index (χ4v) is 0.736. The van der Waals surface area contributed by atoms with Gasteiger partial charge in [0.25, 0.3) is 0 Å². The van der Waals surface area contributed by atoms with E-state index in [2.05, 4.69) is 25.2 Å². The average Bonchev–Trinajstić information content (AvgIpc) is 2.04. The minimum absolute atomic E-state index is 0.138. The van der Waals surface area contributed by atoms with Gasteiger partial charge in [-0.15, -0.1) is 0 Å². The van der Waals surface area contributed by atoms with Crippen molar-refractivity contribution in [3.8, 4) is 6.07 Å². The normalized spacial score (nSPS) is 15.5. The molecule has 11 heavy (non-hydrogen) atoms. The SMILES string of the molecule is CCC(C)CNCC(C)C#N. The molecule has 0 aromatic heterocycles. The summed E-state index contributed by atoms with van der Waals surface area (Å²) in [5.41, 5.74) is 0. The Kier molecular flexibility index (Phi) is 5.87. The van der Waals surface area contributed by atoms with Crippen LogP contribution in [0.2, 0.25) is 0 Å². The van der Waals surface area contributed by atoms with Crippen LogP contribution in [0, 0.1) is 23.2 Å². The van der Waals surface area contributed by atoms with Gasteiger partial charge in [-0.1, -0.05) is 20.3 Å².